The zero-order valence-electron chi connectivity index (χ0n) is 11.4. The van der Waals surface area contributed by atoms with E-state index in [1.807, 2.05) is 6.07 Å². The molecule has 0 radical (unpaired) electrons. The zero-order chi connectivity index (χ0) is 14.8. The van der Waals surface area contributed by atoms with Gasteiger partial charge in [-0.1, -0.05) is 31.4 Å². The average Bonchev–Trinajstić information content (AvgIpc) is 2.41. The van der Waals surface area contributed by atoms with E-state index in [0.29, 0.717) is 22.4 Å². The topological polar surface area (TPSA) is 29.1 Å². The van der Waals surface area contributed by atoms with E-state index in [1.54, 1.807) is 12.1 Å². The van der Waals surface area contributed by atoms with Crippen LogP contribution in [-0.2, 0) is 0 Å². The monoisotopic (exact) mass is 425 g/mol. The number of alkyl halides is 1. The maximum absolute atomic E-state index is 12.4. The van der Waals surface area contributed by atoms with Crippen molar-refractivity contribution in [2.24, 2.45) is 5.92 Å². The number of halogens is 3. The van der Waals surface area contributed by atoms with Crippen LogP contribution in [0.25, 0.3) is 0 Å². The third-order valence-corrected chi connectivity index (χ3v) is 5.99. The van der Waals surface area contributed by atoms with Gasteiger partial charge in [0.1, 0.15) is 0 Å². The standard InChI is InChI=1S/C15H18Cl2INO/c1-10-3-2-6-15(8-10,9-16)19-14(20)11-4-5-13(18)12(17)7-11/h4-5,7,10H,2-3,6,8-9H2,1H3,(H,19,20). The van der Waals surface area contributed by atoms with Crippen LogP contribution in [0.2, 0.25) is 5.02 Å². The third kappa shape index (κ3) is 3.80. The Hall–Kier alpha value is -0.0000000000000000555. The molecule has 1 amide bonds. The highest BCUT2D eigenvalue weighted by Crippen LogP contribution is 2.33. The number of hydrogen-bond donors (Lipinski definition) is 1. The lowest BCUT2D eigenvalue weighted by Crippen LogP contribution is -2.52. The number of carbonyl (C=O) groups excluding carboxylic acids is 1. The predicted octanol–water partition coefficient (Wildman–Crippen LogP) is 4.86. The molecule has 20 heavy (non-hydrogen) atoms. The van der Waals surface area contributed by atoms with Crippen LogP contribution < -0.4 is 5.32 Å². The van der Waals surface area contributed by atoms with E-state index in [-0.39, 0.29) is 11.4 Å². The molecular weight excluding hydrogens is 408 g/mol. The molecule has 0 saturated heterocycles. The first-order valence-electron chi connectivity index (χ1n) is 6.79. The SMILES string of the molecule is CC1CCCC(CCl)(NC(=O)c2ccc(I)c(Cl)c2)C1. The summed E-state index contributed by atoms with van der Waals surface area (Å²) in [5.41, 5.74) is 0.323. The van der Waals surface area contributed by atoms with Gasteiger partial charge in [-0.05, 0) is 59.5 Å². The van der Waals surface area contributed by atoms with Gasteiger partial charge in [0.15, 0.2) is 0 Å². The van der Waals surface area contributed by atoms with E-state index in [4.69, 9.17) is 23.2 Å². The quantitative estimate of drug-likeness (QED) is 0.543. The fraction of sp³-hybridized carbons (Fsp3) is 0.533. The second kappa shape index (κ2) is 6.84. The second-order valence-corrected chi connectivity index (χ2v) is 7.54. The molecule has 5 heteroatoms. The molecule has 1 aromatic carbocycles. The summed E-state index contributed by atoms with van der Waals surface area (Å²) in [6, 6.07) is 5.37. The molecule has 2 atom stereocenters. The summed E-state index contributed by atoms with van der Waals surface area (Å²) in [6.07, 6.45) is 4.22. The molecule has 2 unspecified atom stereocenters. The fourth-order valence-electron chi connectivity index (χ4n) is 2.88. The van der Waals surface area contributed by atoms with Crippen molar-refractivity contribution in [1.29, 1.82) is 0 Å². The lowest BCUT2D eigenvalue weighted by atomic mass is 9.77. The third-order valence-electron chi connectivity index (χ3n) is 3.91. The average molecular weight is 426 g/mol. The number of amides is 1. The first-order valence-corrected chi connectivity index (χ1v) is 8.78. The molecule has 0 spiro atoms. The van der Waals surface area contributed by atoms with Crippen LogP contribution in [0.5, 0.6) is 0 Å². The summed E-state index contributed by atoms with van der Waals surface area (Å²) in [5, 5.41) is 3.75. The van der Waals surface area contributed by atoms with E-state index in [9.17, 15) is 4.79 Å². The van der Waals surface area contributed by atoms with Gasteiger partial charge in [0.25, 0.3) is 5.91 Å². The first kappa shape index (κ1) is 16.4. The van der Waals surface area contributed by atoms with Crippen LogP contribution in [0.3, 0.4) is 0 Å². The van der Waals surface area contributed by atoms with Crippen molar-refractivity contribution in [3.8, 4) is 0 Å². The zero-order valence-corrected chi connectivity index (χ0v) is 15.1. The number of nitrogens with one attached hydrogen (secondary N) is 1. The number of hydrogen-bond acceptors (Lipinski definition) is 1. The van der Waals surface area contributed by atoms with E-state index in [1.165, 1.54) is 6.42 Å². The van der Waals surface area contributed by atoms with Crippen molar-refractivity contribution in [3.63, 3.8) is 0 Å². The molecule has 1 N–H and O–H groups in total. The van der Waals surface area contributed by atoms with Gasteiger partial charge >= 0.3 is 0 Å². The highest BCUT2D eigenvalue weighted by Gasteiger charge is 2.35. The minimum Gasteiger partial charge on any atom is -0.345 e. The van der Waals surface area contributed by atoms with Crippen LogP contribution >= 0.6 is 45.8 Å². The Morgan fingerprint density at radius 2 is 2.30 bits per heavy atom. The summed E-state index contributed by atoms with van der Waals surface area (Å²) >= 11 is 14.4. The van der Waals surface area contributed by atoms with E-state index in [2.05, 4.69) is 34.8 Å². The number of carbonyl (C=O) groups is 1. The Balaban J connectivity index is 2.14. The van der Waals surface area contributed by atoms with Gasteiger partial charge in [0.2, 0.25) is 0 Å². The Morgan fingerprint density at radius 1 is 1.55 bits per heavy atom. The fourth-order valence-corrected chi connectivity index (χ4v) is 3.70. The van der Waals surface area contributed by atoms with Gasteiger partial charge in [-0.15, -0.1) is 11.6 Å². The Labute approximate surface area is 143 Å². The van der Waals surface area contributed by atoms with E-state index < -0.39 is 0 Å². The highest BCUT2D eigenvalue weighted by atomic mass is 127. The maximum atomic E-state index is 12.4. The predicted molar refractivity (Wildman–Crippen MR) is 92.7 cm³/mol. The van der Waals surface area contributed by atoms with Crippen LogP contribution in [0.4, 0.5) is 0 Å². The molecular formula is C15H18Cl2INO. The highest BCUT2D eigenvalue weighted by molar-refractivity contribution is 14.1. The van der Waals surface area contributed by atoms with Crippen molar-refractivity contribution >= 4 is 51.7 Å². The smallest absolute Gasteiger partial charge is 0.251 e. The molecule has 0 aromatic heterocycles. The van der Waals surface area contributed by atoms with Gasteiger partial charge in [-0.3, -0.25) is 4.79 Å². The van der Waals surface area contributed by atoms with Crippen LogP contribution in [-0.4, -0.2) is 17.3 Å². The summed E-state index contributed by atoms with van der Waals surface area (Å²) in [6.45, 7) is 2.22. The van der Waals surface area contributed by atoms with E-state index >= 15 is 0 Å². The normalized spacial score (nSPS) is 26.3. The molecule has 1 aromatic rings. The molecule has 0 heterocycles. The second-order valence-electron chi connectivity index (χ2n) is 5.70. The first-order chi connectivity index (χ1) is 9.46. The van der Waals surface area contributed by atoms with Gasteiger partial charge in [0.05, 0.1) is 10.6 Å². The van der Waals surface area contributed by atoms with Crippen molar-refractivity contribution in [1.82, 2.24) is 5.32 Å². The largest absolute Gasteiger partial charge is 0.345 e. The lowest BCUT2D eigenvalue weighted by molar-refractivity contribution is 0.0867. The molecule has 0 aliphatic heterocycles. The molecule has 110 valence electrons. The lowest BCUT2D eigenvalue weighted by Gasteiger charge is -2.39. The molecule has 1 aliphatic rings. The molecule has 1 aliphatic carbocycles. The molecule has 1 saturated carbocycles. The van der Waals surface area contributed by atoms with Crippen LogP contribution in [0.15, 0.2) is 18.2 Å². The summed E-state index contributed by atoms with van der Waals surface area (Å²) < 4.78 is 0.944. The van der Waals surface area contributed by atoms with Gasteiger partial charge in [0, 0.05) is 15.0 Å². The Kier molecular flexibility index (Phi) is 5.60. The molecule has 0 bridgehead atoms. The minimum absolute atomic E-state index is 0.0851. The number of benzene rings is 1. The van der Waals surface area contributed by atoms with Crippen LogP contribution in [0, 0.1) is 9.49 Å². The summed E-state index contributed by atoms with van der Waals surface area (Å²) in [5.74, 6) is 0.974. The number of rotatable bonds is 3. The van der Waals surface area contributed by atoms with Crippen molar-refractivity contribution < 1.29 is 4.79 Å². The van der Waals surface area contributed by atoms with Gasteiger partial charge in [-0.2, -0.15) is 0 Å². The van der Waals surface area contributed by atoms with Crippen molar-refractivity contribution in [2.75, 3.05) is 5.88 Å². The molecule has 2 nitrogen and oxygen atoms in total. The summed E-state index contributed by atoms with van der Waals surface area (Å²) in [7, 11) is 0. The maximum Gasteiger partial charge on any atom is 0.251 e. The van der Waals surface area contributed by atoms with Gasteiger partial charge < -0.3 is 5.32 Å². The Bertz CT molecular complexity index is 509. The van der Waals surface area contributed by atoms with E-state index in [0.717, 1.165) is 22.8 Å². The minimum atomic E-state index is -0.272. The Morgan fingerprint density at radius 3 is 2.90 bits per heavy atom. The van der Waals surface area contributed by atoms with Crippen LogP contribution in [0.1, 0.15) is 43.0 Å². The van der Waals surface area contributed by atoms with Gasteiger partial charge in [-0.25, -0.2) is 0 Å². The van der Waals surface area contributed by atoms with Crippen molar-refractivity contribution in [3.05, 3.63) is 32.4 Å². The van der Waals surface area contributed by atoms with Crippen molar-refractivity contribution in [2.45, 2.75) is 38.1 Å². The molecule has 2 rings (SSSR count). The molecule has 1 fully saturated rings. The summed E-state index contributed by atoms with van der Waals surface area (Å²) in [4.78, 5) is 12.4.